The lowest BCUT2D eigenvalue weighted by Crippen LogP contribution is -2.39. The number of amides is 1. The van der Waals surface area contributed by atoms with E-state index in [1.54, 1.807) is 18.3 Å². The Bertz CT molecular complexity index is 550. The summed E-state index contributed by atoms with van der Waals surface area (Å²) in [5.74, 6) is 6.63. The van der Waals surface area contributed by atoms with Crippen LogP contribution in [0.1, 0.15) is 42.2 Å². The number of aromatic nitrogens is 1. The Morgan fingerprint density at radius 3 is 3.19 bits per heavy atom. The molecule has 0 radical (unpaired) electrons. The summed E-state index contributed by atoms with van der Waals surface area (Å²) in [5.41, 5.74) is 6.42. The van der Waals surface area contributed by atoms with E-state index in [2.05, 4.69) is 29.1 Å². The molecule has 1 aliphatic carbocycles. The molecule has 1 heterocycles. The molecular weight excluding hydrogens is 282 g/mol. The molecule has 0 bridgehead atoms. The normalized spacial score (nSPS) is 20.7. The Morgan fingerprint density at radius 1 is 1.57 bits per heavy atom. The summed E-state index contributed by atoms with van der Waals surface area (Å²) >= 11 is 1.92. The topological polar surface area (TPSA) is 68.0 Å². The van der Waals surface area contributed by atoms with Gasteiger partial charge in [-0.2, -0.15) is 11.8 Å². The second-order valence-electron chi connectivity index (χ2n) is 4.91. The van der Waals surface area contributed by atoms with Crippen molar-refractivity contribution in [1.82, 2.24) is 10.3 Å². The molecule has 3 N–H and O–H groups in total. The van der Waals surface area contributed by atoms with Gasteiger partial charge < -0.3 is 11.1 Å². The van der Waals surface area contributed by atoms with E-state index in [-0.39, 0.29) is 18.5 Å². The number of hydrogen-bond donors (Lipinski definition) is 2. The van der Waals surface area contributed by atoms with Crippen molar-refractivity contribution in [1.29, 1.82) is 0 Å². The van der Waals surface area contributed by atoms with Crippen molar-refractivity contribution in [2.45, 2.75) is 37.5 Å². The van der Waals surface area contributed by atoms with Crippen LogP contribution < -0.4 is 11.1 Å². The van der Waals surface area contributed by atoms with E-state index in [1.165, 1.54) is 12.8 Å². The average Bonchev–Trinajstić information content (AvgIpc) is 2.93. The fourth-order valence-corrected chi connectivity index (χ4v) is 3.77. The third-order valence-corrected chi connectivity index (χ3v) is 4.82. The second-order valence-corrected chi connectivity index (χ2v) is 6.43. The molecule has 1 saturated carbocycles. The molecule has 2 rings (SSSR count). The van der Waals surface area contributed by atoms with E-state index in [4.69, 9.17) is 5.73 Å². The van der Waals surface area contributed by atoms with Crippen LogP contribution in [0.3, 0.4) is 0 Å². The zero-order valence-electron chi connectivity index (χ0n) is 12.3. The molecule has 112 valence electrons. The number of hydrogen-bond acceptors (Lipinski definition) is 4. The zero-order valence-corrected chi connectivity index (χ0v) is 13.1. The van der Waals surface area contributed by atoms with Crippen LogP contribution in [0.15, 0.2) is 18.3 Å². The lowest BCUT2D eigenvalue weighted by molar-refractivity contribution is 0.0933. The molecule has 1 amide bonds. The molecule has 0 saturated heterocycles. The van der Waals surface area contributed by atoms with E-state index in [0.29, 0.717) is 16.5 Å². The third-order valence-electron chi connectivity index (χ3n) is 3.50. The van der Waals surface area contributed by atoms with Gasteiger partial charge in [0.2, 0.25) is 0 Å². The van der Waals surface area contributed by atoms with Crippen LogP contribution in [0.4, 0.5) is 0 Å². The predicted octanol–water partition coefficient (Wildman–Crippen LogP) is 1.80. The summed E-state index contributed by atoms with van der Waals surface area (Å²) in [5, 5.41) is 3.64. The SMILES string of the molecule is CCSC1CCCC1NC(=O)c1ncccc1C#CCN. The summed E-state index contributed by atoms with van der Waals surface area (Å²) in [4.78, 5) is 16.6. The van der Waals surface area contributed by atoms with Crippen molar-refractivity contribution in [2.75, 3.05) is 12.3 Å². The van der Waals surface area contributed by atoms with Crippen LogP contribution >= 0.6 is 11.8 Å². The summed E-state index contributed by atoms with van der Waals surface area (Å²) < 4.78 is 0. The maximum atomic E-state index is 12.5. The fraction of sp³-hybridized carbons (Fsp3) is 0.500. The highest BCUT2D eigenvalue weighted by molar-refractivity contribution is 7.99. The summed E-state index contributed by atoms with van der Waals surface area (Å²) in [6.45, 7) is 2.43. The van der Waals surface area contributed by atoms with Crippen molar-refractivity contribution < 1.29 is 4.79 Å². The van der Waals surface area contributed by atoms with Gasteiger partial charge in [0.25, 0.3) is 5.91 Å². The number of pyridine rings is 1. The number of rotatable bonds is 4. The molecule has 4 nitrogen and oxygen atoms in total. The van der Waals surface area contributed by atoms with Gasteiger partial charge in [0, 0.05) is 17.5 Å². The number of thioether (sulfide) groups is 1. The molecule has 5 heteroatoms. The Labute approximate surface area is 130 Å². The van der Waals surface area contributed by atoms with Gasteiger partial charge in [-0.15, -0.1) is 0 Å². The van der Waals surface area contributed by atoms with Gasteiger partial charge in [-0.3, -0.25) is 4.79 Å². The first kappa shape index (κ1) is 15.9. The smallest absolute Gasteiger partial charge is 0.271 e. The molecule has 0 aromatic carbocycles. The highest BCUT2D eigenvalue weighted by Crippen LogP contribution is 2.30. The van der Waals surface area contributed by atoms with Gasteiger partial charge in [-0.25, -0.2) is 4.98 Å². The van der Waals surface area contributed by atoms with Gasteiger partial charge in [0.1, 0.15) is 5.69 Å². The zero-order chi connectivity index (χ0) is 15.1. The molecule has 1 aromatic rings. The van der Waals surface area contributed by atoms with Gasteiger partial charge in [-0.05, 0) is 30.7 Å². The molecule has 1 aliphatic rings. The van der Waals surface area contributed by atoms with Crippen LogP contribution in [-0.2, 0) is 0 Å². The maximum Gasteiger partial charge on any atom is 0.271 e. The lowest BCUT2D eigenvalue weighted by Gasteiger charge is -2.20. The van der Waals surface area contributed by atoms with E-state index >= 15 is 0 Å². The number of nitrogens with two attached hydrogens (primary N) is 1. The Balaban J connectivity index is 2.10. The number of nitrogens with one attached hydrogen (secondary N) is 1. The van der Waals surface area contributed by atoms with E-state index in [1.807, 2.05) is 11.8 Å². The lowest BCUT2D eigenvalue weighted by atomic mass is 10.1. The monoisotopic (exact) mass is 303 g/mol. The average molecular weight is 303 g/mol. The van der Waals surface area contributed by atoms with Crippen LogP contribution in [0, 0.1) is 11.8 Å². The molecule has 1 aromatic heterocycles. The number of carbonyl (C=O) groups is 1. The molecule has 2 atom stereocenters. The predicted molar refractivity (Wildman–Crippen MR) is 87.2 cm³/mol. The van der Waals surface area contributed by atoms with Crippen LogP contribution in [0.2, 0.25) is 0 Å². The van der Waals surface area contributed by atoms with Gasteiger partial charge in [-0.1, -0.05) is 25.2 Å². The summed E-state index contributed by atoms with van der Waals surface area (Å²) in [6, 6.07) is 3.82. The van der Waals surface area contributed by atoms with Crippen molar-refractivity contribution in [3.8, 4) is 11.8 Å². The first-order valence-electron chi connectivity index (χ1n) is 7.32. The second kappa shape index (κ2) is 8.06. The molecule has 21 heavy (non-hydrogen) atoms. The Kier molecular flexibility index (Phi) is 6.09. The Morgan fingerprint density at radius 2 is 2.43 bits per heavy atom. The Hall–Kier alpha value is -1.51. The number of nitrogens with zero attached hydrogens (tertiary/aromatic N) is 1. The minimum atomic E-state index is -0.134. The quantitative estimate of drug-likeness (QED) is 0.832. The van der Waals surface area contributed by atoms with Crippen LogP contribution in [-0.4, -0.2) is 34.5 Å². The first-order chi connectivity index (χ1) is 10.3. The minimum Gasteiger partial charge on any atom is -0.347 e. The van der Waals surface area contributed by atoms with Gasteiger partial charge in [0.15, 0.2) is 0 Å². The van der Waals surface area contributed by atoms with Crippen LogP contribution in [0.5, 0.6) is 0 Å². The highest BCUT2D eigenvalue weighted by atomic mass is 32.2. The van der Waals surface area contributed by atoms with Crippen molar-refractivity contribution in [2.24, 2.45) is 5.73 Å². The molecule has 0 spiro atoms. The van der Waals surface area contributed by atoms with Crippen molar-refractivity contribution >= 4 is 17.7 Å². The van der Waals surface area contributed by atoms with E-state index in [0.717, 1.165) is 12.2 Å². The standard InChI is InChI=1S/C16H21N3OS/c1-2-21-14-9-3-8-13(14)19-16(20)15-12(6-4-10-17)7-5-11-18-15/h5,7,11,13-14H,2-3,8-10,17H2,1H3,(H,19,20). The number of carbonyl (C=O) groups excluding carboxylic acids is 1. The van der Waals surface area contributed by atoms with Crippen LogP contribution in [0.25, 0.3) is 0 Å². The molecule has 0 aliphatic heterocycles. The van der Waals surface area contributed by atoms with Crippen molar-refractivity contribution in [3.05, 3.63) is 29.6 Å². The molecular formula is C16H21N3OS. The van der Waals surface area contributed by atoms with Gasteiger partial charge in [0.05, 0.1) is 12.1 Å². The largest absolute Gasteiger partial charge is 0.347 e. The van der Waals surface area contributed by atoms with E-state index in [9.17, 15) is 4.79 Å². The van der Waals surface area contributed by atoms with Crippen molar-refractivity contribution in [3.63, 3.8) is 0 Å². The summed E-state index contributed by atoms with van der Waals surface area (Å²) in [6.07, 6.45) is 5.01. The first-order valence-corrected chi connectivity index (χ1v) is 8.37. The minimum absolute atomic E-state index is 0.134. The molecule has 1 fully saturated rings. The molecule has 2 unspecified atom stereocenters. The third kappa shape index (κ3) is 4.23. The summed E-state index contributed by atoms with van der Waals surface area (Å²) in [7, 11) is 0. The maximum absolute atomic E-state index is 12.5. The van der Waals surface area contributed by atoms with Gasteiger partial charge >= 0.3 is 0 Å². The highest BCUT2D eigenvalue weighted by Gasteiger charge is 2.29. The van der Waals surface area contributed by atoms with E-state index < -0.39 is 0 Å². The fourth-order valence-electron chi connectivity index (χ4n) is 2.57.